The average Bonchev–Trinajstić information content (AvgIpc) is 2.75. The molecule has 0 fully saturated rings. The molecule has 1 N–H and O–H groups in total. The van der Waals surface area contributed by atoms with Crippen molar-refractivity contribution < 1.29 is 14.4 Å². The molecule has 0 atom stereocenters. The summed E-state index contributed by atoms with van der Waals surface area (Å²) in [7, 11) is 0. The van der Waals surface area contributed by atoms with Crippen LogP contribution in [0.1, 0.15) is 20.7 Å². The van der Waals surface area contributed by atoms with Crippen molar-refractivity contribution in [3.8, 4) is 0 Å². The van der Waals surface area contributed by atoms with E-state index in [1.807, 2.05) is 6.07 Å². The molecule has 1 aliphatic rings. The van der Waals surface area contributed by atoms with E-state index < -0.39 is 11.7 Å². The number of ketones is 1. The van der Waals surface area contributed by atoms with Crippen LogP contribution < -0.4 is 5.32 Å². The highest BCUT2D eigenvalue weighted by molar-refractivity contribution is 8.14. The minimum absolute atomic E-state index is 0.102. The zero-order valence-electron chi connectivity index (χ0n) is 10.3. The maximum absolute atomic E-state index is 12.1. The van der Waals surface area contributed by atoms with Crippen molar-refractivity contribution in [3.63, 3.8) is 0 Å². The van der Waals surface area contributed by atoms with Gasteiger partial charge >= 0.3 is 0 Å². The summed E-state index contributed by atoms with van der Waals surface area (Å²) in [6.07, 6.45) is 0. The molecule has 0 saturated carbocycles. The first-order valence-electron chi connectivity index (χ1n) is 5.92. The van der Waals surface area contributed by atoms with Crippen molar-refractivity contribution in [1.82, 2.24) is 0 Å². The van der Waals surface area contributed by atoms with Crippen molar-refractivity contribution in [2.75, 3.05) is 5.32 Å². The van der Waals surface area contributed by atoms with Crippen molar-refractivity contribution in [2.45, 2.75) is 4.90 Å². The molecule has 98 valence electrons. The topological polar surface area (TPSA) is 63.2 Å². The zero-order chi connectivity index (χ0) is 14.1. The summed E-state index contributed by atoms with van der Waals surface area (Å²) in [6.45, 7) is 0. The number of amides is 1. The van der Waals surface area contributed by atoms with Crippen molar-refractivity contribution in [3.05, 3.63) is 59.7 Å². The molecule has 1 amide bonds. The molecule has 20 heavy (non-hydrogen) atoms. The number of thioether (sulfide) groups is 1. The maximum Gasteiger partial charge on any atom is 0.296 e. The predicted molar refractivity (Wildman–Crippen MR) is 76.0 cm³/mol. The van der Waals surface area contributed by atoms with Crippen LogP contribution in [-0.2, 0) is 4.79 Å². The monoisotopic (exact) mass is 283 g/mol. The molecule has 2 aromatic rings. The Labute approximate surface area is 119 Å². The number of hydrogen-bond acceptors (Lipinski definition) is 4. The maximum atomic E-state index is 12.1. The van der Waals surface area contributed by atoms with Crippen LogP contribution in [0.2, 0.25) is 0 Å². The number of nitrogens with one attached hydrogen (secondary N) is 1. The first-order valence-corrected chi connectivity index (χ1v) is 6.74. The summed E-state index contributed by atoms with van der Waals surface area (Å²) in [6, 6.07) is 13.8. The van der Waals surface area contributed by atoms with Crippen LogP contribution in [0.4, 0.5) is 5.69 Å². The largest absolute Gasteiger partial charge is 0.318 e. The molecular weight excluding hydrogens is 274 g/mol. The number of carbonyl (C=O) groups is 3. The number of Topliss-reactive ketones (excluding diaryl/α,β-unsaturated/α-hetero) is 1. The predicted octanol–water partition coefficient (Wildman–Crippen LogP) is 2.75. The number of fused-ring (bicyclic) bond motifs is 1. The quantitative estimate of drug-likeness (QED) is 0.680. The third kappa shape index (κ3) is 2.23. The summed E-state index contributed by atoms with van der Waals surface area (Å²) in [4.78, 5) is 35.5. The molecule has 2 aromatic carbocycles. The van der Waals surface area contributed by atoms with Crippen LogP contribution in [0.25, 0.3) is 0 Å². The first kappa shape index (κ1) is 12.6. The number of benzene rings is 2. The van der Waals surface area contributed by atoms with E-state index in [9.17, 15) is 14.4 Å². The smallest absolute Gasteiger partial charge is 0.296 e. The zero-order valence-corrected chi connectivity index (χ0v) is 11.1. The molecule has 3 rings (SSSR count). The number of hydrogen-bond donors (Lipinski definition) is 1. The lowest BCUT2D eigenvalue weighted by molar-refractivity contribution is -0.112. The van der Waals surface area contributed by atoms with Crippen LogP contribution in [-0.4, -0.2) is 16.8 Å². The second kappa shape index (κ2) is 4.94. The van der Waals surface area contributed by atoms with Crippen molar-refractivity contribution in [2.24, 2.45) is 0 Å². The van der Waals surface area contributed by atoms with E-state index in [1.54, 1.807) is 42.5 Å². The second-order valence-electron chi connectivity index (χ2n) is 4.25. The van der Waals surface area contributed by atoms with Crippen molar-refractivity contribution >= 4 is 34.3 Å². The molecule has 0 saturated heterocycles. The van der Waals surface area contributed by atoms with E-state index in [1.165, 1.54) is 0 Å². The van der Waals surface area contributed by atoms with Gasteiger partial charge in [-0.1, -0.05) is 30.3 Å². The van der Waals surface area contributed by atoms with Gasteiger partial charge in [0.2, 0.25) is 5.12 Å². The van der Waals surface area contributed by atoms with E-state index in [0.717, 1.165) is 11.8 Å². The van der Waals surface area contributed by atoms with E-state index >= 15 is 0 Å². The van der Waals surface area contributed by atoms with Gasteiger partial charge in [-0.05, 0) is 30.0 Å². The van der Waals surface area contributed by atoms with Crippen LogP contribution in [0.3, 0.4) is 0 Å². The fourth-order valence-electron chi connectivity index (χ4n) is 1.93. The number of rotatable bonds is 2. The molecule has 1 heterocycles. The minimum Gasteiger partial charge on any atom is -0.318 e. The summed E-state index contributed by atoms with van der Waals surface area (Å²) in [5.74, 6) is -1.19. The van der Waals surface area contributed by atoms with Gasteiger partial charge in [0.05, 0.1) is 11.3 Å². The van der Waals surface area contributed by atoms with Crippen LogP contribution in [0.5, 0.6) is 0 Å². The Morgan fingerprint density at radius 1 is 1.00 bits per heavy atom. The summed E-state index contributed by atoms with van der Waals surface area (Å²) >= 11 is 1.04. The normalized spacial score (nSPS) is 13.0. The molecule has 1 aliphatic heterocycles. The number of anilines is 1. The van der Waals surface area contributed by atoms with Gasteiger partial charge in [-0.15, -0.1) is 0 Å². The van der Waals surface area contributed by atoms with Gasteiger partial charge in [0, 0.05) is 10.5 Å². The third-order valence-corrected chi connectivity index (χ3v) is 3.82. The molecule has 5 heteroatoms. The van der Waals surface area contributed by atoms with Crippen molar-refractivity contribution in [1.29, 1.82) is 0 Å². The third-order valence-electron chi connectivity index (χ3n) is 2.91. The lowest BCUT2D eigenvalue weighted by Crippen LogP contribution is -2.12. The summed E-state index contributed by atoms with van der Waals surface area (Å²) in [5.41, 5.74) is 1.41. The second-order valence-corrected chi connectivity index (χ2v) is 5.29. The molecule has 0 spiro atoms. The minimum atomic E-state index is -0.628. The standard InChI is InChI=1S/C15H9NO3S/c17-13-11-8-10(6-7-12(11)16-14(13)18)20-15(19)9-4-2-1-3-5-9/h1-8H,(H,16,17,18). The van der Waals surface area contributed by atoms with E-state index in [2.05, 4.69) is 5.32 Å². The average molecular weight is 283 g/mol. The summed E-state index contributed by atoms with van der Waals surface area (Å²) < 4.78 is 0. The van der Waals surface area contributed by atoms with Gasteiger partial charge in [-0.25, -0.2) is 0 Å². The van der Waals surface area contributed by atoms with Gasteiger partial charge in [0.1, 0.15) is 0 Å². The van der Waals surface area contributed by atoms with Gasteiger partial charge < -0.3 is 5.32 Å². The number of carbonyl (C=O) groups excluding carboxylic acids is 3. The molecule has 0 radical (unpaired) electrons. The molecular formula is C15H9NO3S. The van der Waals surface area contributed by atoms with Crippen LogP contribution in [0.15, 0.2) is 53.4 Å². The van der Waals surface area contributed by atoms with E-state index in [4.69, 9.17) is 0 Å². The Bertz CT molecular complexity index is 725. The Hall–Kier alpha value is -2.40. The van der Waals surface area contributed by atoms with Crippen LogP contribution in [0, 0.1) is 0 Å². The molecule has 0 bridgehead atoms. The van der Waals surface area contributed by atoms with Gasteiger partial charge in [0.15, 0.2) is 0 Å². The highest BCUT2D eigenvalue weighted by atomic mass is 32.2. The van der Waals surface area contributed by atoms with Crippen LogP contribution >= 0.6 is 11.8 Å². The first-order chi connectivity index (χ1) is 9.65. The summed E-state index contributed by atoms with van der Waals surface area (Å²) in [5, 5.41) is 2.38. The Morgan fingerprint density at radius 3 is 2.50 bits per heavy atom. The van der Waals surface area contributed by atoms with Gasteiger partial charge in [-0.3, -0.25) is 14.4 Å². The lowest BCUT2D eigenvalue weighted by Gasteiger charge is -2.03. The Morgan fingerprint density at radius 2 is 1.75 bits per heavy atom. The molecule has 0 unspecified atom stereocenters. The Balaban J connectivity index is 1.85. The highest BCUT2D eigenvalue weighted by Crippen LogP contribution is 2.30. The molecule has 0 aromatic heterocycles. The highest BCUT2D eigenvalue weighted by Gasteiger charge is 2.28. The Kier molecular flexibility index (Phi) is 3.12. The fourth-order valence-corrected chi connectivity index (χ4v) is 2.71. The van der Waals surface area contributed by atoms with Gasteiger partial charge in [-0.2, -0.15) is 0 Å². The SMILES string of the molecule is O=C1Nc2ccc(SC(=O)c3ccccc3)cc2C1=O. The van der Waals surface area contributed by atoms with E-state index in [0.29, 0.717) is 21.7 Å². The van der Waals surface area contributed by atoms with Gasteiger partial charge in [0.25, 0.3) is 11.7 Å². The fraction of sp³-hybridized carbons (Fsp3) is 0. The molecule has 4 nitrogen and oxygen atoms in total. The molecule has 0 aliphatic carbocycles. The van der Waals surface area contributed by atoms with E-state index in [-0.39, 0.29) is 5.12 Å². The lowest BCUT2D eigenvalue weighted by atomic mass is 10.1.